The number of hydrogen-bond acceptors (Lipinski definition) is 3. The number of anilines is 2. The Kier molecular flexibility index (Phi) is 7.50. The molecule has 0 fully saturated rings. The average Bonchev–Trinajstić information content (AvgIpc) is 2.43. The van der Waals surface area contributed by atoms with Crippen LogP contribution >= 0.6 is 11.6 Å². The maximum absolute atomic E-state index is 11.7. The highest BCUT2D eigenvalue weighted by Crippen LogP contribution is 2.25. The number of hydrogen-bond donors (Lipinski definition) is 3. The minimum atomic E-state index is -0.212. The van der Waals surface area contributed by atoms with Crippen molar-refractivity contribution in [2.45, 2.75) is 19.8 Å². The molecule has 0 unspecified atom stereocenters. The first-order valence-electron chi connectivity index (χ1n) is 6.77. The van der Waals surface area contributed by atoms with Crippen molar-refractivity contribution < 1.29 is 9.59 Å². The molecule has 1 aromatic rings. The van der Waals surface area contributed by atoms with Crippen LogP contribution in [0.4, 0.5) is 11.4 Å². The van der Waals surface area contributed by atoms with Gasteiger partial charge in [0.2, 0.25) is 11.8 Å². The molecule has 0 heterocycles. The summed E-state index contributed by atoms with van der Waals surface area (Å²) >= 11 is 6.04. The molecule has 0 saturated heterocycles. The van der Waals surface area contributed by atoms with Gasteiger partial charge >= 0.3 is 0 Å². The molecule has 0 atom stereocenters. The molecule has 0 aliphatic heterocycles. The van der Waals surface area contributed by atoms with Gasteiger partial charge in [-0.15, -0.1) is 6.58 Å². The Morgan fingerprint density at radius 2 is 2.05 bits per heavy atom. The van der Waals surface area contributed by atoms with Crippen LogP contribution in [0.15, 0.2) is 30.9 Å². The van der Waals surface area contributed by atoms with Crippen LogP contribution in [0.1, 0.15) is 19.8 Å². The van der Waals surface area contributed by atoms with Gasteiger partial charge in [0.25, 0.3) is 0 Å². The Hall–Kier alpha value is -1.85. The molecule has 0 aliphatic rings. The predicted molar refractivity (Wildman–Crippen MR) is 86.7 cm³/mol. The second-order valence-corrected chi connectivity index (χ2v) is 4.87. The van der Waals surface area contributed by atoms with Gasteiger partial charge in [-0.25, -0.2) is 0 Å². The normalized spacial score (nSPS) is 10.0. The van der Waals surface area contributed by atoms with Gasteiger partial charge < -0.3 is 16.0 Å². The molecule has 0 aliphatic carbocycles. The second kappa shape index (κ2) is 9.15. The first-order chi connectivity index (χ1) is 10.1. The van der Waals surface area contributed by atoms with E-state index in [1.54, 1.807) is 24.3 Å². The van der Waals surface area contributed by atoms with E-state index in [0.717, 1.165) is 6.42 Å². The van der Waals surface area contributed by atoms with Crippen molar-refractivity contribution in [1.29, 1.82) is 0 Å². The fraction of sp³-hybridized carbons (Fsp3) is 0.333. The Balaban J connectivity index is 2.66. The third kappa shape index (κ3) is 6.42. The van der Waals surface area contributed by atoms with E-state index in [4.69, 9.17) is 11.6 Å². The third-order valence-electron chi connectivity index (χ3n) is 2.58. The standard InChI is InChI=1S/C15H20ClN3O2/c1-3-5-14(20)18-11-6-7-12(16)13(9-11)19-15(21)10-17-8-4-2/h4,6-7,9,17H,2-3,5,8,10H2,1H3,(H,18,20)(H,19,21). The molecule has 6 heteroatoms. The minimum absolute atomic E-state index is 0.0650. The van der Waals surface area contributed by atoms with Crippen LogP contribution in [0.5, 0.6) is 0 Å². The van der Waals surface area contributed by atoms with Crippen molar-refractivity contribution in [3.63, 3.8) is 0 Å². The fourth-order valence-corrected chi connectivity index (χ4v) is 1.80. The predicted octanol–water partition coefficient (Wildman–Crippen LogP) is 2.79. The van der Waals surface area contributed by atoms with Gasteiger partial charge in [-0.3, -0.25) is 9.59 Å². The highest BCUT2D eigenvalue weighted by Gasteiger charge is 2.08. The first kappa shape index (κ1) is 17.2. The zero-order valence-electron chi connectivity index (χ0n) is 12.0. The zero-order chi connectivity index (χ0) is 15.7. The maximum atomic E-state index is 11.7. The molecule has 0 bridgehead atoms. The number of carbonyl (C=O) groups excluding carboxylic acids is 2. The van der Waals surface area contributed by atoms with Gasteiger partial charge in [0, 0.05) is 18.7 Å². The van der Waals surface area contributed by atoms with Crippen molar-refractivity contribution in [2.24, 2.45) is 0 Å². The molecule has 3 N–H and O–H groups in total. The van der Waals surface area contributed by atoms with E-state index in [1.807, 2.05) is 6.92 Å². The molecular formula is C15H20ClN3O2. The van der Waals surface area contributed by atoms with E-state index in [9.17, 15) is 9.59 Å². The number of carbonyl (C=O) groups is 2. The molecule has 2 amide bonds. The van der Waals surface area contributed by atoms with Crippen molar-refractivity contribution in [1.82, 2.24) is 5.32 Å². The van der Waals surface area contributed by atoms with Crippen molar-refractivity contribution >= 4 is 34.8 Å². The Morgan fingerprint density at radius 3 is 2.71 bits per heavy atom. The summed E-state index contributed by atoms with van der Waals surface area (Å²) in [6.07, 6.45) is 2.90. The van der Waals surface area contributed by atoms with E-state index in [0.29, 0.717) is 29.4 Å². The molecular weight excluding hydrogens is 290 g/mol. The Morgan fingerprint density at radius 1 is 1.29 bits per heavy atom. The molecule has 0 radical (unpaired) electrons. The minimum Gasteiger partial charge on any atom is -0.326 e. The fourth-order valence-electron chi connectivity index (χ4n) is 1.63. The lowest BCUT2D eigenvalue weighted by atomic mass is 10.2. The number of nitrogens with one attached hydrogen (secondary N) is 3. The molecule has 0 saturated carbocycles. The first-order valence-corrected chi connectivity index (χ1v) is 7.15. The van der Waals surface area contributed by atoms with Crippen molar-refractivity contribution in [3.8, 4) is 0 Å². The summed E-state index contributed by atoms with van der Waals surface area (Å²) in [6.45, 7) is 6.20. The summed E-state index contributed by atoms with van der Waals surface area (Å²) in [5.41, 5.74) is 1.07. The van der Waals surface area contributed by atoms with Crippen LogP contribution in [-0.4, -0.2) is 24.9 Å². The maximum Gasteiger partial charge on any atom is 0.238 e. The van der Waals surface area contributed by atoms with E-state index in [1.165, 1.54) is 0 Å². The number of benzene rings is 1. The van der Waals surface area contributed by atoms with Crippen molar-refractivity contribution in [2.75, 3.05) is 23.7 Å². The van der Waals surface area contributed by atoms with Crippen LogP contribution in [0.2, 0.25) is 5.02 Å². The highest BCUT2D eigenvalue weighted by atomic mass is 35.5. The van der Waals surface area contributed by atoms with Crippen LogP contribution in [-0.2, 0) is 9.59 Å². The number of halogens is 1. The van der Waals surface area contributed by atoms with Gasteiger partial charge in [0.15, 0.2) is 0 Å². The second-order valence-electron chi connectivity index (χ2n) is 4.46. The lowest BCUT2D eigenvalue weighted by Crippen LogP contribution is -2.28. The molecule has 1 aromatic carbocycles. The van der Waals surface area contributed by atoms with Crippen molar-refractivity contribution in [3.05, 3.63) is 35.9 Å². The summed E-state index contributed by atoms with van der Waals surface area (Å²) < 4.78 is 0. The van der Waals surface area contributed by atoms with Crippen LogP contribution in [0.3, 0.4) is 0 Å². The number of amides is 2. The smallest absolute Gasteiger partial charge is 0.238 e. The Labute approximate surface area is 129 Å². The van der Waals surface area contributed by atoms with Gasteiger partial charge in [-0.05, 0) is 24.6 Å². The summed E-state index contributed by atoms with van der Waals surface area (Å²) in [6, 6.07) is 4.97. The SMILES string of the molecule is C=CCNCC(=O)Nc1cc(NC(=O)CCC)ccc1Cl. The molecule has 5 nitrogen and oxygen atoms in total. The third-order valence-corrected chi connectivity index (χ3v) is 2.91. The summed E-state index contributed by atoms with van der Waals surface area (Å²) in [4.78, 5) is 23.3. The van der Waals surface area contributed by atoms with Crippen LogP contribution < -0.4 is 16.0 Å². The lowest BCUT2D eigenvalue weighted by molar-refractivity contribution is -0.116. The highest BCUT2D eigenvalue weighted by molar-refractivity contribution is 6.33. The van der Waals surface area contributed by atoms with Crippen LogP contribution in [0.25, 0.3) is 0 Å². The summed E-state index contributed by atoms with van der Waals surface area (Å²) in [5, 5.41) is 8.77. The molecule has 21 heavy (non-hydrogen) atoms. The van der Waals surface area contributed by atoms with E-state index in [2.05, 4.69) is 22.5 Å². The topological polar surface area (TPSA) is 70.2 Å². The lowest BCUT2D eigenvalue weighted by Gasteiger charge is -2.10. The van der Waals surface area contributed by atoms with Crippen LogP contribution in [0, 0.1) is 0 Å². The molecule has 0 aromatic heterocycles. The van der Waals surface area contributed by atoms with Gasteiger partial charge in [0.1, 0.15) is 0 Å². The largest absolute Gasteiger partial charge is 0.326 e. The van der Waals surface area contributed by atoms with E-state index < -0.39 is 0 Å². The molecule has 0 spiro atoms. The van der Waals surface area contributed by atoms with E-state index >= 15 is 0 Å². The van der Waals surface area contributed by atoms with Gasteiger partial charge in [0.05, 0.1) is 17.3 Å². The average molecular weight is 310 g/mol. The summed E-state index contributed by atoms with van der Waals surface area (Å²) in [5.74, 6) is -0.277. The molecule has 1 rings (SSSR count). The monoisotopic (exact) mass is 309 g/mol. The van der Waals surface area contributed by atoms with E-state index in [-0.39, 0.29) is 18.4 Å². The summed E-state index contributed by atoms with van der Waals surface area (Å²) in [7, 11) is 0. The quantitative estimate of drug-likeness (QED) is 0.511. The zero-order valence-corrected chi connectivity index (χ0v) is 12.8. The molecule has 114 valence electrons. The van der Waals surface area contributed by atoms with Gasteiger partial charge in [-0.2, -0.15) is 0 Å². The Bertz CT molecular complexity index is 518. The number of rotatable bonds is 8. The van der Waals surface area contributed by atoms with Gasteiger partial charge in [-0.1, -0.05) is 24.6 Å².